The zero-order chi connectivity index (χ0) is 12.3. The third kappa shape index (κ3) is 2.93. The molecule has 0 bridgehead atoms. The van der Waals surface area contributed by atoms with E-state index in [-0.39, 0.29) is 6.61 Å². The fourth-order valence-electron chi connectivity index (χ4n) is 2.59. The van der Waals surface area contributed by atoms with E-state index in [0.717, 1.165) is 15.8 Å². The number of nitrogens with zero attached hydrogens (tertiary/aromatic N) is 1. The number of aliphatic hydroxyl groups is 1. The lowest BCUT2D eigenvalue weighted by molar-refractivity contribution is 0.297. The van der Waals surface area contributed by atoms with Crippen molar-refractivity contribution in [2.45, 2.75) is 31.7 Å². The van der Waals surface area contributed by atoms with Crippen LogP contribution in [0.4, 0.5) is 11.4 Å². The molecule has 0 saturated heterocycles. The Morgan fingerprint density at radius 3 is 2.71 bits per heavy atom. The number of nitrogen functional groups attached to an aromatic ring is 1. The van der Waals surface area contributed by atoms with E-state index in [4.69, 9.17) is 5.73 Å². The molecule has 0 amide bonds. The number of anilines is 2. The number of aliphatic hydroxyl groups excluding tert-OH is 1. The number of hydrogen-bond acceptors (Lipinski definition) is 3. The topological polar surface area (TPSA) is 49.5 Å². The van der Waals surface area contributed by atoms with Crippen LogP contribution in [-0.4, -0.2) is 24.3 Å². The van der Waals surface area contributed by atoms with E-state index in [0.29, 0.717) is 12.6 Å². The first-order valence-electron chi connectivity index (χ1n) is 6.15. The fraction of sp³-hybridized carbons (Fsp3) is 0.538. The molecule has 1 aliphatic rings. The van der Waals surface area contributed by atoms with Crippen molar-refractivity contribution in [3.05, 3.63) is 22.7 Å². The molecule has 94 valence electrons. The van der Waals surface area contributed by atoms with Crippen molar-refractivity contribution in [1.82, 2.24) is 0 Å². The molecular formula is C13H19BrN2O. The maximum absolute atomic E-state index is 9.22. The largest absolute Gasteiger partial charge is 0.397 e. The van der Waals surface area contributed by atoms with Crippen LogP contribution in [-0.2, 0) is 0 Å². The van der Waals surface area contributed by atoms with E-state index in [9.17, 15) is 5.11 Å². The summed E-state index contributed by atoms with van der Waals surface area (Å²) in [4.78, 5) is 2.26. The highest BCUT2D eigenvalue weighted by molar-refractivity contribution is 9.10. The van der Waals surface area contributed by atoms with Crippen molar-refractivity contribution in [1.29, 1.82) is 0 Å². The summed E-state index contributed by atoms with van der Waals surface area (Å²) in [5.41, 5.74) is 7.87. The zero-order valence-electron chi connectivity index (χ0n) is 9.90. The predicted octanol–water partition coefficient (Wildman–Crippen LogP) is 2.77. The van der Waals surface area contributed by atoms with Gasteiger partial charge in [-0.1, -0.05) is 28.8 Å². The van der Waals surface area contributed by atoms with Crippen LogP contribution < -0.4 is 10.6 Å². The molecule has 3 N–H and O–H groups in total. The van der Waals surface area contributed by atoms with Crippen LogP contribution in [0.5, 0.6) is 0 Å². The molecule has 3 nitrogen and oxygen atoms in total. The first-order chi connectivity index (χ1) is 8.22. The highest BCUT2D eigenvalue weighted by Crippen LogP contribution is 2.33. The van der Waals surface area contributed by atoms with Crippen LogP contribution in [0.25, 0.3) is 0 Å². The lowest BCUT2D eigenvalue weighted by Gasteiger charge is -2.31. The standard InChI is InChI=1S/C13H19BrN2O/c14-10-5-6-12(15)13(9-10)16(7-8-17)11-3-1-2-4-11/h5-6,9,11,17H,1-4,7-8,15H2. The van der Waals surface area contributed by atoms with Crippen LogP contribution in [0.15, 0.2) is 22.7 Å². The molecule has 4 heteroatoms. The second kappa shape index (κ2) is 5.74. The van der Waals surface area contributed by atoms with Gasteiger partial charge in [0, 0.05) is 17.1 Å². The van der Waals surface area contributed by atoms with E-state index in [1.54, 1.807) is 0 Å². The highest BCUT2D eigenvalue weighted by atomic mass is 79.9. The molecule has 17 heavy (non-hydrogen) atoms. The minimum Gasteiger partial charge on any atom is -0.397 e. The molecule has 0 aliphatic heterocycles. The third-order valence-corrected chi connectivity index (χ3v) is 3.90. The van der Waals surface area contributed by atoms with Crippen molar-refractivity contribution < 1.29 is 5.11 Å². The van der Waals surface area contributed by atoms with Crippen molar-refractivity contribution in [2.75, 3.05) is 23.8 Å². The third-order valence-electron chi connectivity index (χ3n) is 3.41. The Bertz CT molecular complexity index is 378. The summed E-state index contributed by atoms with van der Waals surface area (Å²) in [7, 11) is 0. The van der Waals surface area contributed by atoms with Gasteiger partial charge in [-0.05, 0) is 31.0 Å². The second-order valence-corrected chi connectivity index (χ2v) is 5.47. The average Bonchev–Trinajstić information content (AvgIpc) is 2.83. The molecule has 2 rings (SSSR count). The van der Waals surface area contributed by atoms with Crippen LogP contribution in [0, 0.1) is 0 Å². The molecular weight excluding hydrogens is 280 g/mol. The summed E-state index contributed by atoms with van der Waals surface area (Å²) in [5, 5.41) is 9.22. The minimum absolute atomic E-state index is 0.169. The van der Waals surface area contributed by atoms with Crippen LogP contribution in [0.3, 0.4) is 0 Å². The number of benzene rings is 1. The van der Waals surface area contributed by atoms with Gasteiger partial charge < -0.3 is 15.7 Å². The Hall–Kier alpha value is -0.740. The number of halogens is 1. The molecule has 0 unspecified atom stereocenters. The van der Waals surface area contributed by atoms with Gasteiger partial charge in [0.1, 0.15) is 0 Å². The van der Waals surface area contributed by atoms with Gasteiger partial charge in [0.2, 0.25) is 0 Å². The first-order valence-corrected chi connectivity index (χ1v) is 6.94. The molecule has 1 aromatic rings. The smallest absolute Gasteiger partial charge is 0.0614 e. The summed E-state index contributed by atoms with van der Waals surface area (Å²) in [6, 6.07) is 6.44. The van der Waals surface area contributed by atoms with Gasteiger partial charge in [-0.3, -0.25) is 0 Å². The van der Waals surface area contributed by atoms with E-state index >= 15 is 0 Å². The molecule has 1 aromatic carbocycles. The van der Waals surface area contributed by atoms with Gasteiger partial charge >= 0.3 is 0 Å². The predicted molar refractivity (Wildman–Crippen MR) is 75.2 cm³/mol. The molecule has 0 atom stereocenters. The quantitative estimate of drug-likeness (QED) is 0.841. The number of nitrogens with two attached hydrogens (primary N) is 1. The minimum atomic E-state index is 0.169. The van der Waals surface area contributed by atoms with Gasteiger partial charge in [0.15, 0.2) is 0 Å². The summed E-state index contributed by atoms with van der Waals surface area (Å²) < 4.78 is 1.03. The summed E-state index contributed by atoms with van der Waals surface area (Å²) in [6.07, 6.45) is 4.96. The Kier molecular flexibility index (Phi) is 4.29. The Morgan fingerprint density at radius 2 is 2.06 bits per heavy atom. The molecule has 0 spiro atoms. The SMILES string of the molecule is Nc1ccc(Br)cc1N(CCO)C1CCCC1. The fourth-order valence-corrected chi connectivity index (χ4v) is 2.94. The van der Waals surface area contributed by atoms with Crippen molar-refractivity contribution in [3.63, 3.8) is 0 Å². The Morgan fingerprint density at radius 1 is 1.35 bits per heavy atom. The maximum atomic E-state index is 9.22. The highest BCUT2D eigenvalue weighted by Gasteiger charge is 2.23. The molecule has 0 radical (unpaired) electrons. The van der Waals surface area contributed by atoms with Crippen LogP contribution in [0.1, 0.15) is 25.7 Å². The summed E-state index contributed by atoms with van der Waals surface area (Å²) >= 11 is 3.48. The van der Waals surface area contributed by atoms with E-state index < -0.39 is 0 Å². The van der Waals surface area contributed by atoms with E-state index in [1.807, 2.05) is 18.2 Å². The Labute approximate surface area is 111 Å². The van der Waals surface area contributed by atoms with Gasteiger partial charge in [0.05, 0.1) is 18.0 Å². The zero-order valence-corrected chi connectivity index (χ0v) is 11.5. The molecule has 1 aliphatic carbocycles. The summed E-state index contributed by atoms with van der Waals surface area (Å²) in [5.74, 6) is 0. The second-order valence-electron chi connectivity index (χ2n) is 4.56. The lowest BCUT2D eigenvalue weighted by atomic mass is 10.1. The van der Waals surface area contributed by atoms with Gasteiger partial charge in [-0.15, -0.1) is 0 Å². The van der Waals surface area contributed by atoms with E-state index in [1.165, 1.54) is 25.7 Å². The summed E-state index contributed by atoms with van der Waals surface area (Å²) in [6.45, 7) is 0.827. The molecule has 1 fully saturated rings. The monoisotopic (exact) mass is 298 g/mol. The van der Waals surface area contributed by atoms with E-state index in [2.05, 4.69) is 20.8 Å². The molecule has 1 saturated carbocycles. The molecule has 0 aromatic heterocycles. The van der Waals surface area contributed by atoms with Crippen molar-refractivity contribution in [2.24, 2.45) is 0 Å². The van der Waals surface area contributed by atoms with Crippen LogP contribution >= 0.6 is 15.9 Å². The molecule has 0 heterocycles. The van der Waals surface area contributed by atoms with Gasteiger partial charge in [-0.25, -0.2) is 0 Å². The Balaban J connectivity index is 2.27. The number of rotatable bonds is 4. The van der Waals surface area contributed by atoms with Gasteiger partial charge in [0.25, 0.3) is 0 Å². The average molecular weight is 299 g/mol. The van der Waals surface area contributed by atoms with Crippen molar-refractivity contribution in [3.8, 4) is 0 Å². The maximum Gasteiger partial charge on any atom is 0.0614 e. The van der Waals surface area contributed by atoms with Gasteiger partial charge in [-0.2, -0.15) is 0 Å². The first kappa shape index (κ1) is 12.7. The van der Waals surface area contributed by atoms with Crippen LogP contribution in [0.2, 0.25) is 0 Å². The lowest BCUT2D eigenvalue weighted by Crippen LogP contribution is -2.36. The number of hydrogen-bond donors (Lipinski definition) is 2. The van der Waals surface area contributed by atoms with Crippen molar-refractivity contribution >= 4 is 27.3 Å². The normalized spacial score (nSPS) is 16.4.